The summed E-state index contributed by atoms with van der Waals surface area (Å²) in [7, 11) is 2.02. The van der Waals surface area contributed by atoms with E-state index in [1.807, 2.05) is 7.05 Å². The lowest BCUT2D eigenvalue weighted by Gasteiger charge is -2.18. The molecule has 20 heavy (non-hydrogen) atoms. The molecule has 2 rings (SSSR count). The molecule has 2 heteroatoms. The smallest absolute Gasteiger partial charge is 0.0178 e. The van der Waals surface area contributed by atoms with Gasteiger partial charge in [-0.05, 0) is 61.7 Å². The summed E-state index contributed by atoms with van der Waals surface area (Å²) in [5.41, 5.74) is 5.53. The monoisotopic (exact) mass is 331 g/mol. The number of hydrogen-bond donors (Lipinski definition) is 1. The molecule has 106 valence electrons. The SMILES string of the molecule is CNCC(Cc1ccc(C)c(C)c1)c1cccc(Br)c1. The van der Waals surface area contributed by atoms with Crippen LogP contribution >= 0.6 is 15.9 Å². The van der Waals surface area contributed by atoms with Crippen LogP contribution in [0.3, 0.4) is 0 Å². The minimum Gasteiger partial charge on any atom is -0.319 e. The van der Waals surface area contributed by atoms with Gasteiger partial charge in [0.2, 0.25) is 0 Å². The zero-order valence-electron chi connectivity index (χ0n) is 12.4. The fourth-order valence-electron chi connectivity index (χ4n) is 2.53. The Morgan fingerprint density at radius 2 is 1.85 bits per heavy atom. The first-order chi connectivity index (χ1) is 9.60. The van der Waals surface area contributed by atoms with E-state index in [1.165, 1.54) is 22.3 Å². The topological polar surface area (TPSA) is 12.0 Å². The molecule has 0 aliphatic carbocycles. The molecule has 0 saturated carbocycles. The van der Waals surface area contributed by atoms with E-state index >= 15 is 0 Å². The van der Waals surface area contributed by atoms with Crippen LogP contribution in [0.15, 0.2) is 46.9 Å². The van der Waals surface area contributed by atoms with Crippen molar-refractivity contribution in [2.24, 2.45) is 0 Å². The van der Waals surface area contributed by atoms with Crippen molar-refractivity contribution in [3.8, 4) is 0 Å². The van der Waals surface area contributed by atoms with Crippen LogP contribution in [-0.2, 0) is 6.42 Å². The van der Waals surface area contributed by atoms with Gasteiger partial charge in [0.15, 0.2) is 0 Å². The lowest BCUT2D eigenvalue weighted by molar-refractivity contribution is 0.625. The third kappa shape index (κ3) is 3.94. The maximum Gasteiger partial charge on any atom is 0.0178 e. The number of halogens is 1. The van der Waals surface area contributed by atoms with E-state index in [9.17, 15) is 0 Å². The molecule has 2 aromatic carbocycles. The van der Waals surface area contributed by atoms with E-state index in [-0.39, 0.29) is 0 Å². The summed E-state index contributed by atoms with van der Waals surface area (Å²) in [6, 6.07) is 15.4. The first-order valence-corrected chi connectivity index (χ1v) is 7.85. The molecule has 0 fully saturated rings. The van der Waals surface area contributed by atoms with Crippen LogP contribution in [-0.4, -0.2) is 13.6 Å². The zero-order chi connectivity index (χ0) is 14.5. The molecule has 1 nitrogen and oxygen atoms in total. The van der Waals surface area contributed by atoms with E-state index in [2.05, 4.69) is 77.6 Å². The summed E-state index contributed by atoms with van der Waals surface area (Å²) >= 11 is 3.57. The summed E-state index contributed by atoms with van der Waals surface area (Å²) in [6.07, 6.45) is 1.07. The maximum absolute atomic E-state index is 3.57. The van der Waals surface area contributed by atoms with Crippen LogP contribution in [0.2, 0.25) is 0 Å². The molecular weight excluding hydrogens is 310 g/mol. The molecule has 0 aliphatic rings. The largest absolute Gasteiger partial charge is 0.319 e. The summed E-state index contributed by atoms with van der Waals surface area (Å²) in [6.45, 7) is 5.34. The van der Waals surface area contributed by atoms with Crippen LogP contribution in [0.5, 0.6) is 0 Å². The van der Waals surface area contributed by atoms with Gasteiger partial charge in [-0.1, -0.05) is 46.3 Å². The van der Waals surface area contributed by atoms with Crippen LogP contribution in [0.25, 0.3) is 0 Å². The number of hydrogen-bond acceptors (Lipinski definition) is 1. The van der Waals surface area contributed by atoms with Crippen molar-refractivity contribution in [2.75, 3.05) is 13.6 Å². The van der Waals surface area contributed by atoms with Gasteiger partial charge in [-0.25, -0.2) is 0 Å². The van der Waals surface area contributed by atoms with Gasteiger partial charge in [0, 0.05) is 16.9 Å². The Hall–Kier alpha value is -1.12. The Balaban J connectivity index is 2.22. The summed E-state index contributed by atoms with van der Waals surface area (Å²) < 4.78 is 1.15. The van der Waals surface area contributed by atoms with Crippen LogP contribution < -0.4 is 5.32 Å². The standard InChI is InChI=1S/C18H22BrN/c1-13-7-8-15(9-14(13)2)10-17(12-20-3)16-5-4-6-18(19)11-16/h4-9,11,17,20H,10,12H2,1-3H3. The second-order valence-corrected chi connectivity index (χ2v) is 6.35. The molecule has 0 bridgehead atoms. The zero-order valence-corrected chi connectivity index (χ0v) is 14.0. The van der Waals surface area contributed by atoms with Crippen molar-refractivity contribution in [2.45, 2.75) is 26.2 Å². The van der Waals surface area contributed by atoms with Gasteiger partial charge >= 0.3 is 0 Å². The number of rotatable bonds is 5. The lowest BCUT2D eigenvalue weighted by Crippen LogP contribution is -2.19. The van der Waals surface area contributed by atoms with E-state index in [0.29, 0.717) is 5.92 Å². The highest BCUT2D eigenvalue weighted by Crippen LogP contribution is 2.24. The van der Waals surface area contributed by atoms with Crippen molar-refractivity contribution in [3.63, 3.8) is 0 Å². The fourth-order valence-corrected chi connectivity index (χ4v) is 2.95. The first kappa shape index (κ1) is 15.3. The highest BCUT2D eigenvalue weighted by Gasteiger charge is 2.12. The van der Waals surface area contributed by atoms with Crippen molar-refractivity contribution >= 4 is 15.9 Å². The van der Waals surface area contributed by atoms with Gasteiger partial charge < -0.3 is 5.32 Å². The molecule has 1 N–H and O–H groups in total. The van der Waals surface area contributed by atoms with Gasteiger partial charge in [-0.2, -0.15) is 0 Å². The predicted octanol–water partition coefficient (Wildman–Crippen LogP) is 4.61. The van der Waals surface area contributed by atoms with Crippen molar-refractivity contribution < 1.29 is 0 Å². The van der Waals surface area contributed by atoms with Gasteiger partial charge in [-0.15, -0.1) is 0 Å². The normalized spacial score (nSPS) is 12.4. The molecule has 1 atom stereocenters. The predicted molar refractivity (Wildman–Crippen MR) is 90.4 cm³/mol. The number of nitrogens with one attached hydrogen (secondary N) is 1. The van der Waals surface area contributed by atoms with E-state index in [4.69, 9.17) is 0 Å². The molecule has 0 spiro atoms. The third-order valence-corrected chi connectivity index (χ3v) is 4.32. The quantitative estimate of drug-likeness (QED) is 0.843. The average Bonchev–Trinajstić information content (AvgIpc) is 2.42. The average molecular weight is 332 g/mol. The maximum atomic E-state index is 3.57. The molecule has 2 aromatic rings. The number of benzene rings is 2. The van der Waals surface area contributed by atoms with Gasteiger partial charge in [0.05, 0.1) is 0 Å². The van der Waals surface area contributed by atoms with Crippen LogP contribution in [0.4, 0.5) is 0 Å². The summed E-state index contributed by atoms with van der Waals surface area (Å²) in [4.78, 5) is 0. The Labute approximate surface area is 130 Å². The molecule has 1 unspecified atom stereocenters. The third-order valence-electron chi connectivity index (χ3n) is 3.82. The Morgan fingerprint density at radius 1 is 1.05 bits per heavy atom. The lowest BCUT2D eigenvalue weighted by atomic mass is 9.91. The highest BCUT2D eigenvalue weighted by atomic mass is 79.9. The fraction of sp³-hybridized carbons (Fsp3) is 0.333. The second-order valence-electron chi connectivity index (χ2n) is 5.43. The highest BCUT2D eigenvalue weighted by molar-refractivity contribution is 9.10. The number of aryl methyl sites for hydroxylation is 2. The van der Waals surface area contributed by atoms with Gasteiger partial charge in [-0.3, -0.25) is 0 Å². The van der Waals surface area contributed by atoms with Crippen LogP contribution in [0, 0.1) is 13.8 Å². The Kier molecular flexibility index (Phi) is 5.38. The Morgan fingerprint density at radius 3 is 2.50 bits per heavy atom. The molecule has 0 aliphatic heterocycles. The molecule has 0 saturated heterocycles. The number of likely N-dealkylation sites (N-methyl/N-ethyl adjacent to an activating group) is 1. The second kappa shape index (κ2) is 7.05. The molecule has 0 aromatic heterocycles. The Bertz CT molecular complexity index is 577. The van der Waals surface area contributed by atoms with Crippen LogP contribution in [0.1, 0.15) is 28.2 Å². The first-order valence-electron chi connectivity index (χ1n) is 7.06. The van der Waals surface area contributed by atoms with Gasteiger partial charge in [0.25, 0.3) is 0 Å². The molecule has 0 amide bonds. The minimum absolute atomic E-state index is 0.500. The van der Waals surface area contributed by atoms with E-state index < -0.39 is 0 Å². The molecular formula is C18H22BrN. The molecule has 0 radical (unpaired) electrons. The minimum atomic E-state index is 0.500. The molecule has 0 heterocycles. The van der Waals surface area contributed by atoms with Crippen molar-refractivity contribution in [1.29, 1.82) is 0 Å². The summed E-state index contributed by atoms with van der Waals surface area (Å²) in [5.74, 6) is 0.500. The van der Waals surface area contributed by atoms with E-state index in [0.717, 1.165) is 17.4 Å². The van der Waals surface area contributed by atoms with Gasteiger partial charge in [0.1, 0.15) is 0 Å². The van der Waals surface area contributed by atoms with Crippen molar-refractivity contribution in [1.82, 2.24) is 5.32 Å². The summed E-state index contributed by atoms with van der Waals surface area (Å²) in [5, 5.41) is 3.32. The van der Waals surface area contributed by atoms with Crippen molar-refractivity contribution in [3.05, 3.63) is 69.2 Å². The van der Waals surface area contributed by atoms with E-state index in [1.54, 1.807) is 0 Å².